The van der Waals surface area contributed by atoms with Gasteiger partial charge in [-0.15, -0.1) is 0 Å². The van der Waals surface area contributed by atoms with E-state index < -0.39 is 24.0 Å². The molecule has 37 heavy (non-hydrogen) atoms. The molecule has 1 aliphatic heterocycles. The number of carboxylic acids is 1. The number of hydrogen-bond acceptors (Lipinski definition) is 4. The van der Waals surface area contributed by atoms with Crippen molar-refractivity contribution in [2.45, 2.75) is 38.9 Å². The summed E-state index contributed by atoms with van der Waals surface area (Å²) in [6, 6.07) is 18.5. The van der Waals surface area contributed by atoms with Crippen LogP contribution in [0.25, 0.3) is 11.1 Å². The molecule has 3 N–H and O–H groups in total. The molecule has 0 aromatic heterocycles. The predicted molar refractivity (Wildman–Crippen MR) is 143 cm³/mol. The Bertz CT molecular complexity index is 1360. The van der Waals surface area contributed by atoms with Crippen molar-refractivity contribution < 1.29 is 24.3 Å². The van der Waals surface area contributed by atoms with Crippen LogP contribution in [0.4, 0.5) is 5.69 Å². The molecule has 0 unspecified atom stereocenters. The highest BCUT2D eigenvalue weighted by Gasteiger charge is 2.37. The molecule has 9 heteroatoms. The first-order chi connectivity index (χ1) is 17.6. The number of amides is 3. The van der Waals surface area contributed by atoms with Crippen LogP contribution in [0.2, 0.25) is 0 Å². The number of hydrogen-bond donors (Lipinski definition) is 3. The summed E-state index contributed by atoms with van der Waals surface area (Å²) in [5, 5.41) is 14.5. The second-order valence-electron chi connectivity index (χ2n) is 8.98. The molecule has 0 saturated heterocycles. The zero-order valence-corrected chi connectivity index (χ0v) is 21.9. The monoisotopic (exact) mass is 563 g/mol. The molecule has 0 bridgehead atoms. The zero-order chi connectivity index (χ0) is 26.7. The van der Waals surface area contributed by atoms with Crippen molar-refractivity contribution >= 4 is 45.3 Å². The third kappa shape index (κ3) is 6.06. The van der Waals surface area contributed by atoms with E-state index in [4.69, 9.17) is 0 Å². The largest absolute Gasteiger partial charge is 0.480 e. The van der Waals surface area contributed by atoms with Gasteiger partial charge in [-0.2, -0.15) is 0 Å². The van der Waals surface area contributed by atoms with E-state index in [0.29, 0.717) is 11.3 Å². The molecule has 8 nitrogen and oxygen atoms in total. The van der Waals surface area contributed by atoms with Gasteiger partial charge in [-0.05, 0) is 59.5 Å². The van der Waals surface area contributed by atoms with E-state index in [2.05, 4.69) is 26.6 Å². The third-order valence-electron chi connectivity index (χ3n) is 6.23. The number of carbonyl (C=O) groups excluding carboxylic acids is 3. The fourth-order valence-electron chi connectivity index (χ4n) is 4.29. The van der Waals surface area contributed by atoms with Gasteiger partial charge < -0.3 is 20.6 Å². The van der Waals surface area contributed by atoms with Crippen LogP contribution in [-0.4, -0.2) is 45.8 Å². The minimum atomic E-state index is -1.15. The van der Waals surface area contributed by atoms with Gasteiger partial charge in [0.2, 0.25) is 11.8 Å². The normalized spacial score (nSPS) is 14.0. The van der Waals surface area contributed by atoms with E-state index in [0.717, 1.165) is 26.7 Å². The number of nitrogens with one attached hydrogen (secondary N) is 2. The van der Waals surface area contributed by atoms with Crippen LogP contribution in [0.15, 0.2) is 71.2 Å². The second kappa shape index (κ2) is 11.0. The Morgan fingerprint density at radius 2 is 1.62 bits per heavy atom. The fourth-order valence-corrected chi connectivity index (χ4v) is 4.69. The highest BCUT2D eigenvalue weighted by atomic mass is 79.9. The van der Waals surface area contributed by atoms with Crippen molar-refractivity contribution in [3.05, 3.63) is 87.9 Å². The summed E-state index contributed by atoms with van der Waals surface area (Å²) in [4.78, 5) is 50.5. The van der Waals surface area contributed by atoms with Crippen molar-refractivity contribution in [3.8, 4) is 11.1 Å². The molecule has 0 radical (unpaired) electrons. The third-order valence-corrected chi connectivity index (χ3v) is 6.72. The SMILES string of the molecule is CC(=O)Nc1ccc(-c2ccc(C[C@@H](C(=O)N[C@@H](C)C(=O)O)N3Cc4cc(Br)ccc4C3=O)cc2)cc1. The number of rotatable bonds is 8. The van der Waals surface area contributed by atoms with Gasteiger partial charge in [0.1, 0.15) is 12.1 Å². The highest BCUT2D eigenvalue weighted by Crippen LogP contribution is 2.29. The number of fused-ring (bicyclic) bond motifs is 1. The first-order valence-electron chi connectivity index (χ1n) is 11.7. The molecule has 3 amide bonds. The smallest absolute Gasteiger partial charge is 0.325 e. The molecule has 0 fully saturated rings. The summed E-state index contributed by atoms with van der Waals surface area (Å²) in [7, 11) is 0. The minimum Gasteiger partial charge on any atom is -0.480 e. The van der Waals surface area contributed by atoms with Crippen LogP contribution >= 0.6 is 15.9 Å². The number of carbonyl (C=O) groups is 4. The van der Waals surface area contributed by atoms with Crippen molar-refractivity contribution in [1.29, 1.82) is 0 Å². The summed E-state index contributed by atoms with van der Waals surface area (Å²) >= 11 is 3.42. The first kappa shape index (κ1) is 26.1. The summed E-state index contributed by atoms with van der Waals surface area (Å²) in [5.41, 5.74) is 4.79. The maximum Gasteiger partial charge on any atom is 0.325 e. The molecule has 0 saturated carbocycles. The lowest BCUT2D eigenvalue weighted by molar-refractivity contribution is -0.142. The molecule has 2 atom stereocenters. The first-order valence-corrected chi connectivity index (χ1v) is 12.5. The van der Waals surface area contributed by atoms with Crippen molar-refractivity contribution in [3.63, 3.8) is 0 Å². The van der Waals surface area contributed by atoms with E-state index in [9.17, 15) is 24.3 Å². The molecule has 4 rings (SSSR count). The van der Waals surface area contributed by atoms with E-state index in [-0.39, 0.29) is 24.8 Å². The molecular formula is C28H26BrN3O5. The minimum absolute atomic E-state index is 0.138. The van der Waals surface area contributed by atoms with E-state index in [1.807, 2.05) is 54.6 Å². The van der Waals surface area contributed by atoms with Gasteiger partial charge in [0, 0.05) is 35.6 Å². The van der Waals surface area contributed by atoms with Gasteiger partial charge in [0.25, 0.3) is 5.91 Å². The Morgan fingerprint density at radius 3 is 2.22 bits per heavy atom. The molecule has 0 aliphatic carbocycles. The molecule has 3 aromatic carbocycles. The number of carboxylic acid groups (broad SMARTS) is 1. The quantitative estimate of drug-likeness (QED) is 0.379. The van der Waals surface area contributed by atoms with Crippen molar-refractivity contribution in [2.75, 3.05) is 5.32 Å². The lowest BCUT2D eigenvalue weighted by Gasteiger charge is -2.28. The number of aliphatic carboxylic acids is 1. The average molecular weight is 564 g/mol. The Morgan fingerprint density at radius 1 is 1.00 bits per heavy atom. The van der Waals surface area contributed by atoms with Crippen LogP contribution < -0.4 is 10.6 Å². The van der Waals surface area contributed by atoms with E-state index in [1.54, 1.807) is 12.1 Å². The van der Waals surface area contributed by atoms with Crippen molar-refractivity contribution in [1.82, 2.24) is 10.2 Å². The standard InChI is InChI=1S/C28H26BrN3O5/c1-16(28(36)37)30-26(34)25(32-15-21-14-22(29)9-12-24(21)27(32)35)13-18-3-5-19(6-4-18)20-7-10-23(11-8-20)31-17(2)33/h3-12,14,16,25H,13,15H2,1-2H3,(H,30,34)(H,31,33)(H,36,37)/t16-,25-/m0/s1. The topological polar surface area (TPSA) is 116 Å². The zero-order valence-electron chi connectivity index (χ0n) is 20.3. The lowest BCUT2D eigenvalue weighted by atomic mass is 9.99. The van der Waals surface area contributed by atoms with Gasteiger partial charge in [0.15, 0.2) is 0 Å². The maximum atomic E-state index is 13.2. The molecule has 0 spiro atoms. The Kier molecular flexibility index (Phi) is 7.73. The van der Waals surface area contributed by atoms with Crippen LogP contribution in [0.1, 0.15) is 35.3 Å². The maximum absolute atomic E-state index is 13.2. The van der Waals surface area contributed by atoms with Gasteiger partial charge in [0.05, 0.1) is 0 Å². The molecule has 3 aromatic rings. The number of nitrogens with zero attached hydrogens (tertiary/aromatic N) is 1. The summed E-state index contributed by atoms with van der Waals surface area (Å²) in [5.74, 6) is -2.07. The Balaban J connectivity index is 1.56. The summed E-state index contributed by atoms with van der Waals surface area (Å²) < 4.78 is 0.835. The van der Waals surface area contributed by atoms with Crippen LogP contribution in [0, 0.1) is 0 Å². The molecular weight excluding hydrogens is 538 g/mol. The Hall–Kier alpha value is -3.98. The van der Waals surface area contributed by atoms with Crippen LogP contribution in [0.5, 0.6) is 0 Å². The van der Waals surface area contributed by atoms with Crippen LogP contribution in [0.3, 0.4) is 0 Å². The van der Waals surface area contributed by atoms with Gasteiger partial charge in [-0.1, -0.05) is 52.3 Å². The molecule has 190 valence electrons. The number of benzene rings is 3. The summed E-state index contributed by atoms with van der Waals surface area (Å²) in [6.45, 7) is 3.10. The summed E-state index contributed by atoms with van der Waals surface area (Å²) in [6.07, 6.45) is 0.223. The predicted octanol–water partition coefficient (Wildman–Crippen LogP) is 4.23. The van der Waals surface area contributed by atoms with Gasteiger partial charge in [-0.3, -0.25) is 19.2 Å². The van der Waals surface area contributed by atoms with Crippen LogP contribution in [-0.2, 0) is 27.3 Å². The molecule has 1 aliphatic rings. The number of anilines is 1. The average Bonchev–Trinajstić information content (AvgIpc) is 3.17. The van der Waals surface area contributed by atoms with Gasteiger partial charge in [-0.25, -0.2) is 0 Å². The molecule has 1 heterocycles. The lowest BCUT2D eigenvalue weighted by Crippen LogP contribution is -2.51. The second-order valence-corrected chi connectivity index (χ2v) is 9.89. The number of halogens is 1. The fraction of sp³-hybridized carbons (Fsp3) is 0.214. The van der Waals surface area contributed by atoms with Crippen molar-refractivity contribution in [2.24, 2.45) is 0 Å². The Labute approximate surface area is 222 Å². The van der Waals surface area contributed by atoms with E-state index >= 15 is 0 Å². The van der Waals surface area contributed by atoms with E-state index in [1.165, 1.54) is 18.7 Å². The highest BCUT2D eigenvalue weighted by molar-refractivity contribution is 9.10. The van der Waals surface area contributed by atoms with Gasteiger partial charge >= 0.3 is 5.97 Å².